The van der Waals surface area contributed by atoms with Crippen LogP contribution in [0.2, 0.25) is 0 Å². The summed E-state index contributed by atoms with van der Waals surface area (Å²) in [5.74, 6) is 0.160. The lowest BCUT2D eigenvalue weighted by atomic mass is 9.74. The van der Waals surface area contributed by atoms with Crippen LogP contribution in [0.5, 0.6) is 0 Å². The lowest BCUT2D eigenvalue weighted by molar-refractivity contribution is -0.0116. The van der Waals surface area contributed by atoms with Gasteiger partial charge in [0.2, 0.25) is 11.2 Å². The SMILES string of the molecule is CCC1CCC(F)(c2ccc(S(F)(F)F)cc2)C(F)C1. The Morgan fingerprint density at radius 1 is 1.20 bits per heavy atom. The molecule has 0 nitrogen and oxygen atoms in total. The maximum absolute atomic E-state index is 14.8. The molecule has 0 aliphatic heterocycles. The van der Waals surface area contributed by atoms with Crippen molar-refractivity contribution in [3.8, 4) is 0 Å². The molecule has 0 amide bonds. The average molecular weight is 312 g/mol. The smallest absolute Gasteiger partial charge is 0.237 e. The minimum atomic E-state index is -5.31. The molecule has 114 valence electrons. The van der Waals surface area contributed by atoms with Crippen LogP contribution in [-0.2, 0) is 5.67 Å². The number of alkyl halides is 2. The molecule has 1 aromatic rings. The zero-order valence-electron chi connectivity index (χ0n) is 11.1. The van der Waals surface area contributed by atoms with Gasteiger partial charge in [-0.2, -0.15) is 0 Å². The summed E-state index contributed by atoms with van der Waals surface area (Å²) >= 11 is -5.31. The van der Waals surface area contributed by atoms with Gasteiger partial charge < -0.3 is 0 Å². The molecular weight excluding hydrogens is 295 g/mol. The molecule has 1 saturated carbocycles. The summed E-state index contributed by atoms with van der Waals surface area (Å²) in [6.07, 6.45) is -0.109. The predicted molar refractivity (Wildman–Crippen MR) is 70.9 cm³/mol. The van der Waals surface area contributed by atoms with Gasteiger partial charge in [0.05, 0.1) is 4.90 Å². The molecule has 0 saturated heterocycles. The number of hydrogen-bond acceptors (Lipinski definition) is 0. The molecule has 0 N–H and O–H groups in total. The first-order chi connectivity index (χ1) is 9.27. The predicted octanol–water partition coefficient (Wildman–Crippen LogP) is 6.22. The van der Waals surface area contributed by atoms with Crippen molar-refractivity contribution in [1.29, 1.82) is 0 Å². The molecule has 3 unspecified atom stereocenters. The number of rotatable bonds is 3. The van der Waals surface area contributed by atoms with Gasteiger partial charge in [0, 0.05) is 0 Å². The molecule has 0 aromatic heterocycles. The molecule has 3 atom stereocenters. The zero-order chi connectivity index (χ0) is 15.0. The second-order valence-corrected chi connectivity index (χ2v) is 6.59. The molecule has 0 spiro atoms. The lowest BCUT2D eigenvalue weighted by Crippen LogP contribution is -2.38. The number of hydrogen-bond donors (Lipinski definition) is 0. The van der Waals surface area contributed by atoms with E-state index in [1.165, 1.54) is 0 Å². The van der Waals surface area contributed by atoms with E-state index in [0.29, 0.717) is 6.42 Å². The van der Waals surface area contributed by atoms with Gasteiger partial charge in [-0.05, 0) is 42.9 Å². The van der Waals surface area contributed by atoms with Crippen LogP contribution < -0.4 is 0 Å². The first-order valence-corrected chi connectivity index (χ1v) is 7.96. The van der Waals surface area contributed by atoms with E-state index >= 15 is 0 Å². The van der Waals surface area contributed by atoms with Crippen LogP contribution in [-0.4, -0.2) is 6.17 Å². The highest BCUT2D eigenvalue weighted by atomic mass is 32.3. The van der Waals surface area contributed by atoms with E-state index in [1.807, 2.05) is 6.92 Å². The van der Waals surface area contributed by atoms with Crippen molar-refractivity contribution in [2.24, 2.45) is 5.92 Å². The van der Waals surface area contributed by atoms with Crippen LogP contribution in [0.1, 0.15) is 38.2 Å². The van der Waals surface area contributed by atoms with E-state index in [4.69, 9.17) is 0 Å². The van der Waals surface area contributed by atoms with Crippen LogP contribution in [0, 0.1) is 5.92 Å². The van der Waals surface area contributed by atoms with Gasteiger partial charge in [0.1, 0.15) is 6.17 Å². The van der Waals surface area contributed by atoms with Gasteiger partial charge in [-0.1, -0.05) is 25.5 Å². The van der Waals surface area contributed by atoms with Gasteiger partial charge >= 0.3 is 0 Å². The van der Waals surface area contributed by atoms with Crippen molar-refractivity contribution in [2.45, 2.75) is 49.3 Å². The first-order valence-electron chi connectivity index (χ1n) is 6.63. The summed E-state index contributed by atoms with van der Waals surface area (Å²) < 4.78 is 66.5. The van der Waals surface area contributed by atoms with Gasteiger partial charge in [-0.25, -0.2) is 8.78 Å². The summed E-state index contributed by atoms with van der Waals surface area (Å²) in [4.78, 5) is -0.762. The normalized spacial score (nSPS) is 32.1. The fourth-order valence-corrected chi connectivity index (χ4v) is 3.20. The van der Waals surface area contributed by atoms with Crippen molar-refractivity contribution in [3.63, 3.8) is 0 Å². The van der Waals surface area contributed by atoms with Crippen LogP contribution in [0.3, 0.4) is 0 Å². The Labute approximate surface area is 117 Å². The van der Waals surface area contributed by atoms with Gasteiger partial charge in [-0.3, -0.25) is 0 Å². The van der Waals surface area contributed by atoms with Crippen LogP contribution in [0.15, 0.2) is 29.2 Å². The third-order valence-electron chi connectivity index (χ3n) is 4.13. The molecule has 0 heterocycles. The van der Waals surface area contributed by atoms with Crippen molar-refractivity contribution < 1.29 is 20.4 Å². The molecule has 20 heavy (non-hydrogen) atoms. The Bertz CT molecular complexity index is 456. The highest BCUT2D eigenvalue weighted by Gasteiger charge is 2.45. The minimum absolute atomic E-state index is 0.0203. The summed E-state index contributed by atoms with van der Waals surface area (Å²) in [7, 11) is 0. The monoisotopic (exact) mass is 312 g/mol. The molecular formula is C14H17F5S. The van der Waals surface area contributed by atoms with Gasteiger partial charge in [0.25, 0.3) is 0 Å². The molecule has 1 fully saturated rings. The second-order valence-electron chi connectivity index (χ2n) is 5.31. The zero-order valence-corrected chi connectivity index (χ0v) is 11.9. The standard InChI is InChI=1S/C14H17F5S/c1-2-10-7-8-14(16,13(15)9-10)11-3-5-12(6-4-11)20(17,18)19/h3-6,10,13H,2,7-9H2,1H3. The topological polar surface area (TPSA) is 0 Å². The first kappa shape index (κ1) is 15.6. The summed E-state index contributed by atoms with van der Waals surface area (Å²) in [5.41, 5.74) is -2.13. The number of halogens is 5. The molecule has 1 aromatic carbocycles. The molecule has 0 bridgehead atoms. The molecule has 1 aliphatic rings. The van der Waals surface area contributed by atoms with Gasteiger partial charge in [0.15, 0.2) is 5.67 Å². The maximum atomic E-state index is 14.8. The van der Waals surface area contributed by atoms with E-state index < -0.39 is 27.9 Å². The second kappa shape index (κ2) is 5.54. The lowest BCUT2D eigenvalue weighted by Gasteiger charge is -2.37. The van der Waals surface area contributed by atoms with Crippen molar-refractivity contribution in [3.05, 3.63) is 29.8 Å². The van der Waals surface area contributed by atoms with Crippen LogP contribution in [0.4, 0.5) is 20.4 Å². The third-order valence-corrected chi connectivity index (χ3v) is 4.94. The fourth-order valence-electron chi connectivity index (χ4n) is 2.75. The Morgan fingerprint density at radius 3 is 2.25 bits per heavy atom. The quantitative estimate of drug-likeness (QED) is 0.581. The summed E-state index contributed by atoms with van der Waals surface area (Å²) in [5, 5.41) is 0. The van der Waals surface area contributed by atoms with Crippen LogP contribution >= 0.6 is 11.2 Å². The van der Waals surface area contributed by atoms with E-state index in [2.05, 4.69) is 0 Å². The van der Waals surface area contributed by atoms with Gasteiger partial charge in [-0.15, -0.1) is 11.7 Å². The highest BCUT2D eigenvalue weighted by molar-refractivity contribution is 8.20. The van der Waals surface area contributed by atoms with E-state index in [0.717, 1.165) is 30.7 Å². The van der Waals surface area contributed by atoms with Crippen molar-refractivity contribution >= 4 is 11.2 Å². The summed E-state index contributed by atoms with van der Waals surface area (Å²) in [6, 6.07) is 3.86. The number of benzene rings is 1. The third kappa shape index (κ3) is 2.95. The van der Waals surface area contributed by atoms with Crippen LogP contribution in [0.25, 0.3) is 0 Å². The highest BCUT2D eigenvalue weighted by Crippen LogP contribution is 2.60. The molecule has 2 rings (SSSR count). The Balaban J connectivity index is 2.22. The molecule has 0 radical (unpaired) electrons. The van der Waals surface area contributed by atoms with Crippen molar-refractivity contribution in [1.82, 2.24) is 0 Å². The Morgan fingerprint density at radius 2 is 1.80 bits per heavy atom. The Hall–Kier alpha value is -0.780. The Kier molecular flexibility index (Phi) is 4.33. The molecule has 1 aliphatic carbocycles. The minimum Gasteiger partial charge on any atom is -0.244 e. The van der Waals surface area contributed by atoms with Crippen molar-refractivity contribution in [2.75, 3.05) is 0 Å². The maximum Gasteiger partial charge on any atom is 0.237 e. The fraction of sp³-hybridized carbons (Fsp3) is 0.571. The largest absolute Gasteiger partial charge is 0.244 e. The van der Waals surface area contributed by atoms with E-state index in [9.17, 15) is 20.4 Å². The average Bonchev–Trinajstić information content (AvgIpc) is 2.41. The summed E-state index contributed by atoms with van der Waals surface area (Å²) in [6.45, 7) is 1.93. The van der Waals surface area contributed by atoms with E-state index in [-0.39, 0.29) is 24.3 Å². The van der Waals surface area contributed by atoms with E-state index in [1.54, 1.807) is 0 Å². The molecule has 6 heteroatoms.